The van der Waals surface area contributed by atoms with Crippen LogP contribution in [0, 0.1) is 59.0 Å². The Morgan fingerprint density at radius 3 is 1.27 bits per heavy atom. The van der Waals surface area contributed by atoms with E-state index in [1.54, 1.807) is 25.1 Å². The molecule has 0 nitrogen and oxygen atoms in total. The van der Waals surface area contributed by atoms with Crippen molar-refractivity contribution in [3.8, 4) is 0 Å². The summed E-state index contributed by atoms with van der Waals surface area (Å²) in [4.78, 5) is 0. The first-order chi connectivity index (χ1) is 15.6. The molecule has 0 spiro atoms. The summed E-state index contributed by atoms with van der Waals surface area (Å²) in [6.45, 7) is 29.4. The van der Waals surface area contributed by atoms with Gasteiger partial charge in [-0.05, 0) is 105 Å². The number of benzene rings is 3. The molecule has 3 rings (SSSR count). The van der Waals surface area contributed by atoms with Crippen LogP contribution in [0.4, 0.5) is 13.2 Å². The summed E-state index contributed by atoms with van der Waals surface area (Å²) in [5.41, 5.74) is 6.00. The number of halogens is 3. The molecule has 0 radical (unpaired) electrons. The largest absolute Gasteiger partial charge is 0.207 e. The Bertz CT molecular complexity index is 858. The first-order valence-corrected chi connectivity index (χ1v) is 10.3. The molecule has 3 aromatic carbocycles. The van der Waals surface area contributed by atoms with E-state index in [9.17, 15) is 13.2 Å². The Balaban J connectivity index is -0.000000368. The smallest absolute Gasteiger partial charge is 0.126 e. The van der Waals surface area contributed by atoms with Crippen LogP contribution in [0.3, 0.4) is 0 Å². The molecule has 3 heteroatoms. The summed E-state index contributed by atoms with van der Waals surface area (Å²) in [6, 6.07) is 14.7. The average molecular weight is 457 g/mol. The number of aryl methyl sites for hydroxylation is 6. The minimum absolute atomic E-state index is 0.108. The van der Waals surface area contributed by atoms with Gasteiger partial charge in [-0.2, -0.15) is 0 Å². The number of rotatable bonds is 0. The molecule has 180 valence electrons. The molecule has 0 bridgehead atoms. The molecule has 0 heterocycles. The normalized spacial score (nSPS) is 8.27. The minimum Gasteiger partial charge on any atom is -0.207 e. The Hall–Kier alpha value is -3.33. The molecule has 0 N–H and O–H groups in total. The molecule has 0 amide bonds. The highest BCUT2D eigenvalue weighted by molar-refractivity contribution is 5.30. The van der Waals surface area contributed by atoms with Crippen molar-refractivity contribution in [3.05, 3.63) is 145 Å². The SMILES string of the molecule is C=C.C=C.C=C.Cc1cc(C)c(F)cc1C.Cc1ccc(F)cc1C.Cc1cccc(F)c1. The molecule has 0 fully saturated rings. The van der Waals surface area contributed by atoms with Crippen molar-refractivity contribution in [2.24, 2.45) is 0 Å². The van der Waals surface area contributed by atoms with Crippen molar-refractivity contribution in [2.45, 2.75) is 41.5 Å². The first kappa shape index (κ1) is 34.3. The molecule has 0 aliphatic rings. The average Bonchev–Trinajstić information content (AvgIpc) is 2.80. The van der Waals surface area contributed by atoms with Crippen LogP contribution < -0.4 is 0 Å². The van der Waals surface area contributed by atoms with Crippen LogP contribution in [0.1, 0.15) is 33.4 Å². The molecule has 0 unspecified atom stereocenters. The lowest BCUT2D eigenvalue weighted by molar-refractivity contribution is 0.616. The Labute approximate surface area is 199 Å². The third kappa shape index (κ3) is 16.0. The number of hydrogen-bond donors (Lipinski definition) is 0. The second-order valence-electron chi connectivity index (χ2n) is 6.71. The molecular formula is C30H39F3. The molecule has 0 aromatic heterocycles. The predicted molar refractivity (Wildman–Crippen MR) is 141 cm³/mol. The van der Waals surface area contributed by atoms with Gasteiger partial charge in [-0.15, -0.1) is 39.5 Å². The summed E-state index contributed by atoms with van der Waals surface area (Å²) in [6.07, 6.45) is 0. The van der Waals surface area contributed by atoms with Crippen LogP contribution >= 0.6 is 0 Å². The summed E-state index contributed by atoms with van der Waals surface area (Å²) >= 11 is 0. The van der Waals surface area contributed by atoms with Gasteiger partial charge in [0.1, 0.15) is 17.5 Å². The fourth-order valence-corrected chi connectivity index (χ4v) is 2.24. The maximum Gasteiger partial charge on any atom is 0.126 e. The third-order valence-corrected chi connectivity index (χ3v) is 4.22. The Morgan fingerprint density at radius 2 is 0.909 bits per heavy atom. The maximum absolute atomic E-state index is 12.8. The highest BCUT2D eigenvalue weighted by Gasteiger charge is 1.98. The Kier molecular flexibility index (Phi) is 21.4. The van der Waals surface area contributed by atoms with Gasteiger partial charge in [0.05, 0.1) is 0 Å². The summed E-state index contributed by atoms with van der Waals surface area (Å²) < 4.78 is 37.3. The highest BCUT2D eigenvalue weighted by Crippen LogP contribution is 2.12. The van der Waals surface area contributed by atoms with E-state index in [0.29, 0.717) is 0 Å². The Morgan fingerprint density at radius 1 is 0.455 bits per heavy atom. The van der Waals surface area contributed by atoms with Gasteiger partial charge in [-0.1, -0.05) is 24.3 Å². The number of hydrogen-bond acceptors (Lipinski definition) is 0. The summed E-state index contributed by atoms with van der Waals surface area (Å²) in [5.74, 6) is -0.425. The van der Waals surface area contributed by atoms with E-state index in [4.69, 9.17) is 0 Å². The quantitative estimate of drug-likeness (QED) is 0.295. The van der Waals surface area contributed by atoms with E-state index in [1.165, 1.54) is 24.3 Å². The first-order valence-electron chi connectivity index (χ1n) is 10.3. The molecule has 0 aliphatic heterocycles. The van der Waals surface area contributed by atoms with Gasteiger partial charge >= 0.3 is 0 Å². The zero-order valence-corrected chi connectivity index (χ0v) is 21.1. The van der Waals surface area contributed by atoms with Crippen molar-refractivity contribution in [2.75, 3.05) is 0 Å². The van der Waals surface area contributed by atoms with E-state index < -0.39 is 0 Å². The van der Waals surface area contributed by atoms with E-state index in [1.807, 2.05) is 46.8 Å². The second kappa shape index (κ2) is 20.6. The zero-order valence-electron chi connectivity index (χ0n) is 21.1. The molecule has 0 aliphatic carbocycles. The molecule has 0 saturated heterocycles. The van der Waals surface area contributed by atoms with Crippen LogP contribution in [0.5, 0.6) is 0 Å². The lowest BCUT2D eigenvalue weighted by Gasteiger charge is -2.01. The van der Waals surface area contributed by atoms with Crippen LogP contribution in [0.25, 0.3) is 0 Å². The van der Waals surface area contributed by atoms with Crippen LogP contribution in [0.15, 0.2) is 94.1 Å². The molecule has 3 aromatic rings. The maximum atomic E-state index is 12.8. The predicted octanol–water partition coefficient (Wildman–Crippen LogP) is 9.73. The lowest BCUT2D eigenvalue weighted by Crippen LogP contribution is -1.87. The standard InChI is InChI=1S/C9H11F.C8H9F.C7H7F.3C2H4/c1-6-4-8(3)9(10)5-7(6)2;1-6-3-4-8(9)5-7(6)2;1-6-3-2-4-7(8)5-6;3*1-2/h4-5H,1-3H3;3-5H,1-2H3;2-5H,1H3;3*1-2H2. The van der Waals surface area contributed by atoms with Crippen molar-refractivity contribution >= 4 is 0 Å². The van der Waals surface area contributed by atoms with Crippen LogP contribution in [-0.2, 0) is 0 Å². The van der Waals surface area contributed by atoms with Crippen molar-refractivity contribution in [1.82, 2.24) is 0 Å². The van der Waals surface area contributed by atoms with Gasteiger partial charge in [0.15, 0.2) is 0 Å². The van der Waals surface area contributed by atoms with E-state index in [2.05, 4.69) is 39.5 Å². The van der Waals surface area contributed by atoms with Gasteiger partial charge in [-0.3, -0.25) is 0 Å². The molecule has 33 heavy (non-hydrogen) atoms. The highest BCUT2D eigenvalue weighted by atomic mass is 19.1. The van der Waals surface area contributed by atoms with E-state index >= 15 is 0 Å². The second-order valence-corrected chi connectivity index (χ2v) is 6.71. The fourth-order valence-electron chi connectivity index (χ4n) is 2.24. The summed E-state index contributed by atoms with van der Waals surface area (Å²) in [7, 11) is 0. The summed E-state index contributed by atoms with van der Waals surface area (Å²) in [5, 5.41) is 0. The van der Waals surface area contributed by atoms with Gasteiger partial charge in [-0.25, -0.2) is 13.2 Å². The molecular weight excluding hydrogens is 417 g/mol. The van der Waals surface area contributed by atoms with Crippen LogP contribution in [-0.4, -0.2) is 0 Å². The monoisotopic (exact) mass is 456 g/mol. The zero-order chi connectivity index (χ0) is 26.6. The van der Waals surface area contributed by atoms with Gasteiger partial charge in [0, 0.05) is 0 Å². The van der Waals surface area contributed by atoms with Gasteiger partial charge < -0.3 is 0 Å². The van der Waals surface area contributed by atoms with Gasteiger partial charge in [0.25, 0.3) is 0 Å². The van der Waals surface area contributed by atoms with Gasteiger partial charge in [0.2, 0.25) is 0 Å². The van der Waals surface area contributed by atoms with Crippen molar-refractivity contribution < 1.29 is 13.2 Å². The van der Waals surface area contributed by atoms with Crippen LogP contribution in [0.2, 0.25) is 0 Å². The van der Waals surface area contributed by atoms with Crippen molar-refractivity contribution in [3.63, 3.8) is 0 Å². The topological polar surface area (TPSA) is 0 Å². The fraction of sp³-hybridized carbons (Fsp3) is 0.200. The van der Waals surface area contributed by atoms with Crippen molar-refractivity contribution in [1.29, 1.82) is 0 Å². The van der Waals surface area contributed by atoms with E-state index in [0.717, 1.165) is 33.4 Å². The lowest BCUT2D eigenvalue weighted by atomic mass is 10.1. The molecule has 0 atom stereocenters. The third-order valence-electron chi connectivity index (χ3n) is 4.22. The molecule has 0 saturated carbocycles. The minimum atomic E-state index is -0.162. The van der Waals surface area contributed by atoms with E-state index in [-0.39, 0.29) is 17.5 Å².